The number of amides is 1. The Balaban J connectivity index is 1.64. The zero-order chi connectivity index (χ0) is 21.7. The van der Waals surface area contributed by atoms with E-state index in [-0.39, 0.29) is 24.4 Å². The average molecular weight is 437 g/mol. The molecule has 2 aromatic carbocycles. The van der Waals surface area contributed by atoms with Crippen molar-refractivity contribution in [2.24, 2.45) is 0 Å². The molecule has 1 aromatic heterocycles. The van der Waals surface area contributed by atoms with E-state index in [1.54, 1.807) is 31.4 Å². The Kier molecular flexibility index (Phi) is 6.40. The van der Waals surface area contributed by atoms with Crippen LogP contribution in [0.2, 0.25) is 0 Å². The van der Waals surface area contributed by atoms with Crippen LogP contribution in [0.5, 0.6) is 5.75 Å². The number of carbonyl (C=O) groups excluding carboxylic acids is 1. The van der Waals surface area contributed by atoms with Gasteiger partial charge in [0.15, 0.2) is 0 Å². The van der Waals surface area contributed by atoms with Gasteiger partial charge in [0.2, 0.25) is 27.5 Å². The van der Waals surface area contributed by atoms with Crippen molar-refractivity contribution in [1.82, 2.24) is 10.1 Å². The molecule has 0 spiro atoms. The summed E-state index contributed by atoms with van der Waals surface area (Å²) in [6, 6.07) is 12.0. The summed E-state index contributed by atoms with van der Waals surface area (Å²) in [6.45, 7) is 0. The minimum atomic E-state index is -4.85. The Hall–Kier alpha value is -3.34. The van der Waals surface area contributed by atoms with Gasteiger partial charge in [-0.1, -0.05) is 17.3 Å². The number of anilines is 1. The number of benzene rings is 2. The number of sulfone groups is 1. The molecule has 0 aliphatic heterocycles. The van der Waals surface area contributed by atoms with Gasteiger partial charge in [0, 0.05) is 18.4 Å². The molecule has 1 heterocycles. The van der Waals surface area contributed by atoms with E-state index >= 15 is 0 Å². The van der Waals surface area contributed by atoms with Crippen molar-refractivity contribution in [3.05, 3.63) is 54.4 Å². The number of nitrogens with one attached hydrogen (secondary N) is 1. The molecule has 0 saturated carbocycles. The Morgan fingerprint density at radius 1 is 1.17 bits per heavy atom. The van der Waals surface area contributed by atoms with Gasteiger partial charge in [0.05, 0.1) is 17.7 Å². The molecule has 0 aliphatic rings. The van der Waals surface area contributed by atoms with Crippen molar-refractivity contribution in [1.29, 1.82) is 0 Å². The maximum Gasteiger partial charge on any atom is 0.341 e. The first-order valence-corrected chi connectivity index (χ1v) is 10.2. The van der Waals surface area contributed by atoms with Gasteiger partial charge in [-0.05, 0) is 36.4 Å². The van der Waals surface area contributed by atoms with E-state index in [0.717, 1.165) is 6.07 Å². The fourth-order valence-electron chi connectivity index (χ4n) is 2.56. The van der Waals surface area contributed by atoms with Crippen molar-refractivity contribution >= 4 is 21.4 Å². The summed E-state index contributed by atoms with van der Waals surface area (Å²) < 4.78 is 59.4. The van der Waals surface area contributed by atoms with E-state index in [1.165, 1.54) is 18.2 Å². The number of ether oxygens (including phenoxy) is 1. The van der Waals surface area contributed by atoms with Crippen molar-refractivity contribution in [2.45, 2.75) is 23.5 Å². The van der Waals surface area contributed by atoms with Gasteiger partial charge in [-0.3, -0.25) is 4.79 Å². The second-order valence-electron chi connectivity index (χ2n) is 6.09. The summed E-state index contributed by atoms with van der Waals surface area (Å²) in [5.74, 6) is -2.97. The standard InChI is InChI=1S/C19H17F2N3O5S/c1-28-13-8-6-12(7-9-13)18-23-17(29-24-18)11-10-16(25)22-14-4-2-3-5-15(14)30(26,27)19(20)21/h2-9,19H,10-11H2,1H3,(H,22,25). The monoisotopic (exact) mass is 437 g/mol. The lowest BCUT2D eigenvalue weighted by molar-refractivity contribution is -0.116. The summed E-state index contributed by atoms with van der Waals surface area (Å²) in [5, 5.41) is 6.19. The van der Waals surface area contributed by atoms with E-state index < -0.39 is 26.4 Å². The second-order valence-corrected chi connectivity index (χ2v) is 7.98. The van der Waals surface area contributed by atoms with Crippen LogP contribution in [0.3, 0.4) is 0 Å². The highest BCUT2D eigenvalue weighted by molar-refractivity contribution is 7.91. The van der Waals surface area contributed by atoms with Crippen molar-refractivity contribution in [3.63, 3.8) is 0 Å². The van der Waals surface area contributed by atoms with Crippen LogP contribution in [-0.4, -0.2) is 37.3 Å². The molecule has 0 atom stereocenters. The number of aromatic nitrogens is 2. The Bertz CT molecular complexity index is 1130. The van der Waals surface area contributed by atoms with Crippen molar-refractivity contribution < 1.29 is 31.3 Å². The lowest BCUT2D eigenvalue weighted by Gasteiger charge is -2.10. The number of nitrogens with zero attached hydrogens (tertiary/aromatic N) is 2. The number of carbonyl (C=O) groups is 1. The number of hydrogen-bond acceptors (Lipinski definition) is 7. The number of alkyl halides is 2. The van der Waals surface area contributed by atoms with Crippen LogP contribution >= 0.6 is 0 Å². The van der Waals surface area contributed by atoms with Crippen LogP contribution in [0.25, 0.3) is 11.4 Å². The number of rotatable bonds is 8. The predicted octanol–water partition coefficient (Wildman–Crippen LogP) is 3.31. The Labute approximate surface area is 170 Å². The molecule has 11 heteroatoms. The number of halogens is 2. The first-order valence-electron chi connectivity index (χ1n) is 8.69. The Morgan fingerprint density at radius 2 is 1.87 bits per heavy atom. The van der Waals surface area contributed by atoms with E-state index in [9.17, 15) is 22.0 Å². The lowest BCUT2D eigenvalue weighted by Crippen LogP contribution is -2.18. The highest BCUT2D eigenvalue weighted by Gasteiger charge is 2.29. The van der Waals surface area contributed by atoms with E-state index in [1.807, 2.05) is 0 Å². The molecule has 1 amide bonds. The SMILES string of the molecule is COc1ccc(-c2noc(CCC(=O)Nc3ccccc3S(=O)(=O)C(F)F)n2)cc1. The number of aryl methyl sites for hydroxylation is 1. The van der Waals surface area contributed by atoms with E-state index in [4.69, 9.17) is 9.26 Å². The molecule has 1 N–H and O–H groups in total. The molecule has 0 saturated heterocycles. The molecule has 0 fully saturated rings. The fourth-order valence-corrected chi connectivity index (χ4v) is 3.45. The van der Waals surface area contributed by atoms with Crippen molar-refractivity contribution in [2.75, 3.05) is 12.4 Å². The zero-order valence-corrected chi connectivity index (χ0v) is 16.5. The number of hydrogen-bond donors (Lipinski definition) is 1. The third-order valence-corrected chi connectivity index (χ3v) is 5.52. The summed E-state index contributed by atoms with van der Waals surface area (Å²) in [7, 11) is -3.30. The van der Waals surface area contributed by atoms with Crippen LogP contribution < -0.4 is 10.1 Å². The van der Waals surface area contributed by atoms with Gasteiger partial charge in [-0.2, -0.15) is 13.8 Å². The highest BCUT2D eigenvalue weighted by Crippen LogP contribution is 2.26. The number of para-hydroxylation sites is 1. The molecule has 0 bridgehead atoms. The maximum atomic E-state index is 12.8. The quantitative estimate of drug-likeness (QED) is 0.575. The summed E-state index contributed by atoms with van der Waals surface area (Å²) in [5.41, 5.74) is 0.480. The third kappa shape index (κ3) is 4.79. The molecule has 8 nitrogen and oxygen atoms in total. The van der Waals surface area contributed by atoms with E-state index in [0.29, 0.717) is 17.1 Å². The molecule has 158 valence electrons. The van der Waals surface area contributed by atoms with Gasteiger partial charge in [-0.15, -0.1) is 0 Å². The van der Waals surface area contributed by atoms with Crippen LogP contribution in [-0.2, 0) is 21.1 Å². The summed E-state index contributed by atoms with van der Waals surface area (Å²) in [6.07, 6.45) is -0.0357. The van der Waals surface area contributed by atoms with Crippen LogP contribution in [0, 0.1) is 0 Å². The van der Waals surface area contributed by atoms with Gasteiger partial charge in [0.1, 0.15) is 5.75 Å². The Morgan fingerprint density at radius 3 is 2.53 bits per heavy atom. The smallest absolute Gasteiger partial charge is 0.341 e. The molecular formula is C19H17F2N3O5S. The van der Waals surface area contributed by atoms with Gasteiger partial charge in [0.25, 0.3) is 0 Å². The normalized spacial score (nSPS) is 11.5. The number of methoxy groups -OCH3 is 1. The maximum absolute atomic E-state index is 12.8. The molecule has 0 radical (unpaired) electrons. The van der Waals surface area contributed by atoms with Crippen LogP contribution in [0.15, 0.2) is 57.9 Å². The fraction of sp³-hybridized carbons (Fsp3) is 0.211. The van der Waals surface area contributed by atoms with Crippen molar-refractivity contribution in [3.8, 4) is 17.1 Å². The first kappa shape index (κ1) is 21.4. The molecule has 3 aromatic rings. The topological polar surface area (TPSA) is 111 Å². The van der Waals surface area contributed by atoms with E-state index in [2.05, 4.69) is 15.5 Å². The van der Waals surface area contributed by atoms with Gasteiger partial charge in [-0.25, -0.2) is 8.42 Å². The van der Waals surface area contributed by atoms with Gasteiger partial charge >= 0.3 is 5.76 Å². The first-order chi connectivity index (χ1) is 14.3. The summed E-state index contributed by atoms with van der Waals surface area (Å²) in [4.78, 5) is 15.7. The average Bonchev–Trinajstić information content (AvgIpc) is 3.21. The summed E-state index contributed by atoms with van der Waals surface area (Å²) >= 11 is 0. The second kappa shape index (κ2) is 8.99. The largest absolute Gasteiger partial charge is 0.497 e. The molecule has 0 aliphatic carbocycles. The molecular weight excluding hydrogens is 420 g/mol. The molecule has 0 unspecified atom stereocenters. The molecule has 30 heavy (non-hydrogen) atoms. The lowest BCUT2D eigenvalue weighted by atomic mass is 10.2. The zero-order valence-electron chi connectivity index (χ0n) is 15.7. The minimum absolute atomic E-state index is 0.0821. The molecule has 3 rings (SSSR count). The highest BCUT2D eigenvalue weighted by atomic mass is 32.2. The van der Waals surface area contributed by atoms with Gasteiger partial charge < -0.3 is 14.6 Å². The van der Waals surface area contributed by atoms with Crippen LogP contribution in [0.1, 0.15) is 12.3 Å². The minimum Gasteiger partial charge on any atom is -0.497 e. The predicted molar refractivity (Wildman–Crippen MR) is 103 cm³/mol. The third-order valence-electron chi connectivity index (χ3n) is 4.08. The van der Waals surface area contributed by atoms with Crippen LogP contribution in [0.4, 0.5) is 14.5 Å².